The Morgan fingerprint density at radius 1 is 1.21 bits per heavy atom. The monoisotopic (exact) mass is 416 g/mol. The molecular formula is C20H24N4O4S. The molecule has 0 atom stereocenters. The Balaban J connectivity index is 1.56. The number of carbonyl (C=O) groups is 3. The van der Waals surface area contributed by atoms with Crippen molar-refractivity contribution in [3.05, 3.63) is 23.8 Å². The van der Waals surface area contributed by atoms with Crippen molar-refractivity contribution in [2.45, 2.75) is 19.8 Å². The van der Waals surface area contributed by atoms with Gasteiger partial charge in [0.1, 0.15) is 6.54 Å². The smallest absolute Gasteiger partial charge is 0.248 e. The molecule has 4 rings (SSSR count). The van der Waals surface area contributed by atoms with E-state index in [4.69, 9.17) is 9.72 Å². The van der Waals surface area contributed by atoms with Crippen LogP contribution in [0.3, 0.4) is 0 Å². The molecule has 0 N–H and O–H groups in total. The van der Waals surface area contributed by atoms with E-state index in [1.165, 1.54) is 11.3 Å². The van der Waals surface area contributed by atoms with Gasteiger partial charge in [0.05, 0.1) is 23.4 Å². The second kappa shape index (κ2) is 8.56. The molecule has 154 valence electrons. The van der Waals surface area contributed by atoms with Crippen LogP contribution in [0.5, 0.6) is 0 Å². The summed E-state index contributed by atoms with van der Waals surface area (Å²) in [6.45, 7) is 5.92. The Kier molecular flexibility index (Phi) is 5.89. The average molecular weight is 417 g/mol. The van der Waals surface area contributed by atoms with Crippen LogP contribution in [0, 0.1) is 6.92 Å². The van der Waals surface area contributed by atoms with E-state index in [-0.39, 0.29) is 37.1 Å². The summed E-state index contributed by atoms with van der Waals surface area (Å²) in [6.07, 6.45) is 0.362. The number of aryl methyl sites for hydroxylation is 1. The van der Waals surface area contributed by atoms with Crippen molar-refractivity contribution in [1.82, 2.24) is 14.8 Å². The van der Waals surface area contributed by atoms with Crippen molar-refractivity contribution in [3.63, 3.8) is 0 Å². The predicted molar refractivity (Wildman–Crippen MR) is 110 cm³/mol. The molecule has 0 bridgehead atoms. The molecule has 0 unspecified atom stereocenters. The van der Waals surface area contributed by atoms with Gasteiger partial charge in [0.25, 0.3) is 0 Å². The Labute approximate surface area is 173 Å². The zero-order valence-corrected chi connectivity index (χ0v) is 17.2. The molecular weight excluding hydrogens is 392 g/mol. The van der Waals surface area contributed by atoms with E-state index in [1.807, 2.05) is 25.1 Å². The van der Waals surface area contributed by atoms with Crippen LogP contribution in [-0.2, 0) is 19.1 Å². The number of nitrogens with zero attached hydrogens (tertiary/aromatic N) is 4. The van der Waals surface area contributed by atoms with Gasteiger partial charge in [0.2, 0.25) is 17.7 Å². The molecule has 1 aromatic heterocycles. The minimum absolute atomic E-state index is 0.181. The minimum atomic E-state index is -0.281. The van der Waals surface area contributed by atoms with Crippen LogP contribution in [0.2, 0.25) is 0 Å². The van der Waals surface area contributed by atoms with E-state index in [2.05, 4.69) is 4.90 Å². The van der Waals surface area contributed by atoms with E-state index in [0.29, 0.717) is 31.4 Å². The highest BCUT2D eigenvalue weighted by Gasteiger charge is 2.33. The number of carbonyl (C=O) groups excluding carboxylic acids is 3. The Bertz CT molecular complexity index is 922. The lowest BCUT2D eigenvalue weighted by Crippen LogP contribution is -2.47. The van der Waals surface area contributed by atoms with Gasteiger partial charge in [-0.3, -0.25) is 29.1 Å². The van der Waals surface area contributed by atoms with Gasteiger partial charge in [-0.1, -0.05) is 23.5 Å². The fraction of sp³-hybridized carbons (Fsp3) is 0.500. The number of hydrogen-bond acceptors (Lipinski definition) is 7. The molecule has 3 heterocycles. The topological polar surface area (TPSA) is 83.0 Å². The first-order chi connectivity index (χ1) is 14.0. The number of fused-ring (bicyclic) bond motifs is 1. The maximum atomic E-state index is 13.1. The molecule has 8 nitrogen and oxygen atoms in total. The summed E-state index contributed by atoms with van der Waals surface area (Å²) in [5, 5.41) is 0.603. The van der Waals surface area contributed by atoms with Crippen molar-refractivity contribution < 1.29 is 19.1 Å². The van der Waals surface area contributed by atoms with Crippen molar-refractivity contribution >= 4 is 44.4 Å². The van der Waals surface area contributed by atoms with E-state index >= 15 is 0 Å². The van der Waals surface area contributed by atoms with E-state index in [0.717, 1.165) is 33.8 Å². The number of hydrogen-bond donors (Lipinski definition) is 0. The van der Waals surface area contributed by atoms with E-state index in [9.17, 15) is 14.4 Å². The van der Waals surface area contributed by atoms with Crippen LogP contribution in [0.15, 0.2) is 18.2 Å². The Hall–Kier alpha value is -2.36. The summed E-state index contributed by atoms with van der Waals surface area (Å²) in [5.41, 5.74) is 1.93. The predicted octanol–water partition coefficient (Wildman–Crippen LogP) is 1.42. The summed E-state index contributed by atoms with van der Waals surface area (Å²) in [4.78, 5) is 46.7. The summed E-state index contributed by atoms with van der Waals surface area (Å²) >= 11 is 1.46. The van der Waals surface area contributed by atoms with Crippen LogP contribution in [0.4, 0.5) is 5.13 Å². The number of rotatable bonds is 6. The maximum absolute atomic E-state index is 13.1. The Morgan fingerprint density at radius 2 is 1.93 bits per heavy atom. The second-order valence-corrected chi connectivity index (χ2v) is 8.30. The minimum Gasteiger partial charge on any atom is -0.379 e. The van der Waals surface area contributed by atoms with Crippen molar-refractivity contribution in [2.75, 3.05) is 50.8 Å². The lowest BCUT2D eigenvalue weighted by molar-refractivity contribution is -0.141. The van der Waals surface area contributed by atoms with Crippen LogP contribution in [-0.4, -0.2) is 78.4 Å². The lowest BCUT2D eigenvalue weighted by Gasteiger charge is -2.29. The van der Waals surface area contributed by atoms with Crippen molar-refractivity contribution in [2.24, 2.45) is 0 Å². The highest BCUT2D eigenvalue weighted by atomic mass is 32.1. The number of amides is 3. The molecule has 1 aromatic carbocycles. The fourth-order valence-electron chi connectivity index (χ4n) is 3.60. The number of morpholine rings is 1. The molecule has 0 aliphatic carbocycles. The van der Waals surface area contributed by atoms with Gasteiger partial charge in [-0.2, -0.15) is 0 Å². The SMILES string of the molecule is Cc1cccc2sc(N(CCN3CCOCC3)C(=O)CN3C(=O)CCC3=O)nc12. The number of thiazole rings is 1. The third kappa shape index (κ3) is 4.31. The summed E-state index contributed by atoms with van der Waals surface area (Å²) in [6, 6.07) is 5.95. The molecule has 2 saturated heterocycles. The first-order valence-electron chi connectivity index (χ1n) is 9.83. The van der Waals surface area contributed by atoms with E-state index < -0.39 is 0 Å². The third-order valence-electron chi connectivity index (χ3n) is 5.33. The second-order valence-electron chi connectivity index (χ2n) is 7.29. The van der Waals surface area contributed by atoms with Gasteiger partial charge >= 0.3 is 0 Å². The van der Waals surface area contributed by atoms with Gasteiger partial charge in [-0.25, -0.2) is 4.98 Å². The van der Waals surface area contributed by atoms with Crippen molar-refractivity contribution in [1.29, 1.82) is 0 Å². The average Bonchev–Trinajstić information content (AvgIpc) is 3.28. The number of imide groups is 1. The molecule has 9 heteroatoms. The standard InChI is InChI=1S/C20H24N4O4S/c1-14-3-2-4-15-19(14)21-20(29-15)23(8-7-22-9-11-28-12-10-22)18(27)13-24-16(25)5-6-17(24)26/h2-4H,5-13H2,1H3. The van der Waals surface area contributed by atoms with Gasteiger partial charge in [0, 0.05) is 39.0 Å². The quantitative estimate of drug-likeness (QED) is 0.663. The summed E-state index contributed by atoms with van der Waals surface area (Å²) < 4.78 is 6.40. The van der Waals surface area contributed by atoms with Crippen LogP contribution >= 0.6 is 11.3 Å². The number of ether oxygens (including phenoxy) is 1. The number of benzene rings is 1. The first-order valence-corrected chi connectivity index (χ1v) is 10.6. The van der Waals surface area contributed by atoms with Crippen LogP contribution in [0.1, 0.15) is 18.4 Å². The molecule has 2 aliphatic rings. The highest BCUT2D eigenvalue weighted by Crippen LogP contribution is 2.31. The number of anilines is 1. The fourth-order valence-corrected chi connectivity index (χ4v) is 4.69. The zero-order valence-electron chi connectivity index (χ0n) is 16.4. The molecule has 0 saturated carbocycles. The molecule has 2 aliphatic heterocycles. The molecule has 29 heavy (non-hydrogen) atoms. The van der Waals surface area contributed by atoms with Crippen molar-refractivity contribution in [3.8, 4) is 0 Å². The maximum Gasteiger partial charge on any atom is 0.248 e. The van der Waals surface area contributed by atoms with Crippen LogP contribution in [0.25, 0.3) is 10.2 Å². The van der Waals surface area contributed by atoms with Gasteiger partial charge in [-0.05, 0) is 18.6 Å². The van der Waals surface area contributed by atoms with E-state index in [1.54, 1.807) is 4.90 Å². The molecule has 2 aromatic rings. The third-order valence-corrected chi connectivity index (χ3v) is 6.38. The van der Waals surface area contributed by atoms with Gasteiger partial charge in [0.15, 0.2) is 5.13 Å². The molecule has 0 radical (unpaired) electrons. The van der Waals surface area contributed by atoms with Crippen LogP contribution < -0.4 is 4.90 Å². The number of likely N-dealkylation sites (tertiary alicyclic amines) is 1. The van der Waals surface area contributed by atoms with Gasteiger partial charge < -0.3 is 4.74 Å². The zero-order chi connectivity index (χ0) is 20.4. The normalized spacial score (nSPS) is 18.0. The summed E-state index contributed by atoms with van der Waals surface area (Å²) in [5.74, 6) is -0.841. The number of aromatic nitrogens is 1. The first kappa shape index (κ1) is 19.9. The molecule has 0 spiro atoms. The highest BCUT2D eigenvalue weighted by molar-refractivity contribution is 7.22. The lowest BCUT2D eigenvalue weighted by atomic mass is 10.2. The largest absolute Gasteiger partial charge is 0.379 e. The number of para-hydroxylation sites is 1. The molecule has 2 fully saturated rings. The summed E-state index contributed by atoms with van der Waals surface area (Å²) in [7, 11) is 0. The molecule has 3 amide bonds. The van der Waals surface area contributed by atoms with Gasteiger partial charge in [-0.15, -0.1) is 0 Å². The Morgan fingerprint density at radius 3 is 2.62 bits per heavy atom.